The first-order chi connectivity index (χ1) is 10.3. The van der Waals surface area contributed by atoms with Gasteiger partial charge in [-0.15, -0.1) is 0 Å². The molecule has 1 saturated carbocycles. The largest absolute Gasteiger partial charge is 0.490 e. The lowest BCUT2D eigenvalue weighted by atomic mass is 9.92. The highest BCUT2D eigenvalue weighted by Gasteiger charge is 2.34. The predicted molar refractivity (Wildman–Crippen MR) is 83.3 cm³/mol. The molecule has 0 bridgehead atoms. The van der Waals surface area contributed by atoms with E-state index in [-0.39, 0.29) is 23.6 Å². The molecule has 0 unspecified atom stereocenters. The summed E-state index contributed by atoms with van der Waals surface area (Å²) < 4.78 is 24.4. The number of amides is 1. The number of nitrogens with one attached hydrogen (secondary N) is 1. The molecule has 1 aliphatic carbocycles. The van der Waals surface area contributed by atoms with Gasteiger partial charge in [0.05, 0.1) is 0 Å². The number of halogens is 1. The van der Waals surface area contributed by atoms with Gasteiger partial charge in [-0.2, -0.15) is 0 Å². The lowest BCUT2D eigenvalue weighted by Gasteiger charge is -2.35. The van der Waals surface area contributed by atoms with Gasteiger partial charge in [0.25, 0.3) is 0 Å². The molecule has 1 N–H and O–H groups in total. The molecule has 5 heteroatoms. The number of benzene rings is 1. The number of hydrogen-bond acceptors (Lipinski definition) is 3. The van der Waals surface area contributed by atoms with Gasteiger partial charge >= 0.3 is 6.09 Å². The van der Waals surface area contributed by atoms with Crippen molar-refractivity contribution in [3.05, 3.63) is 36.2 Å². The quantitative estimate of drug-likeness (QED) is 0.917. The molecule has 1 fully saturated rings. The van der Waals surface area contributed by atoms with Gasteiger partial charge < -0.3 is 14.8 Å². The molecule has 4 nitrogen and oxygen atoms in total. The maximum absolute atomic E-state index is 13.4. The van der Waals surface area contributed by atoms with Gasteiger partial charge in [0.15, 0.2) is 0 Å². The van der Waals surface area contributed by atoms with Crippen molar-refractivity contribution >= 4 is 12.2 Å². The molecule has 0 heterocycles. The highest BCUT2D eigenvalue weighted by Crippen LogP contribution is 2.29. The van der Waals surface area contributed by atoms with E-state index >= 15 is 0 Å². The lowest BCUT2D eigenvalue weighted by molar-refractivity contribution is -0.0244. The molecular weight excluding hydrogens is 285 g/mol. The minimum Gasteiger partial charge on any atom is -0.490 e. The monoisotopic (exact) mass is 307 g/mol. The Balaban J connectivity index is 1.78. The molecule has 22 heavy (non-hydrogen) atoms. The summed E-state index contributed by atoms with van der Waals surface area (Å²) in [6, 6.07) is 4.56. The molecule has 0 aromatic heterocycles. The maximum Gasteiger partial charge on any atom is 0.407 e. The first-order valence-electron chi connectivity index (χ1n) is 7.34. The second kappa shape index (κ2) is 6.38. The van der Waals surface area contributed by atoms with Crippen LogP contribution in [0.2, 0.25) is 0 Å². The zero-order chi connectivity index (χ0) is 16.3. The van der Waals surface area contributed by atoms with E-state index in [1.54, 1.807) is 12.1 Å². The van der Waals surface area contributed by atoms with Gasteiger partial charge in [0, 0.05) is 23.9 Å². The molecule has 1 amide bonds. The summed E-state index contributed by atoms with van der Waals surface area (Å²) >= 11 is 0. The Morgan fingerprint density at radius 2 is 2.05 bits per heavy atom. The Hall–Kier alpha value is -2.04. The van der Waals surface area contributed by atoms with Crippen molar-refractivity contribution in [2.45, 2.75) is 51.4 Å². The SMILES string of the molecule is C=Cc1cc(OC2CC(OC(=O)NC(C)(C)C)C2)ccc1F. The number of rotatable bonds is 4. The lowest BCUT2D eigenvalue weighted by Crippen LogP contribution is -2.46. The number of hydrogen-bond donors (Lipinski definition) is 1. The zero-order valence-corrected chi connectivity index (χ0v) is 13.2. The van der Waals surface area contributed by atoms with Gasteiger partial charge in [-0.05, 0) is 39.0 Å². The fraction of sp³-hybridized carbons (Fsp3) is 0.471. The van der Waals surface area contributed by atoms with E-state index in [4.69, 9.17) is 9.47 Å². The molecule has 2 rings (SSSR count). The summed E-state index contributed by atoms with van der Waals surface area (Å²) in [5, 5.41) is 2.75. The van der Waals surface area contributed by atoms with Crippen LogP contribution in [0.25, 0.3) is 6.08 Å². The van der Waals surface area contributed by atoms with Gasteiger partial charge in [0.1, 0.15) is 23.8 Å². The van der Waals surface area contributed by atoms with Crippen molar-refractivity contribution in [3.63, 3.8) is 0 Å². The molecule has 120 valence electrons. The van der Waals surface area contributed by atoms with E-state index in [1.165, 1.54) is 12.1 Å². The van der Waals surface area contributed by atoms with Crippen molar-refractivity contribution in [1.29, 1.82) is 0 Å². The Bertz CT molecular complexity index is 560. The van der Waals surface area contributed by atoms with Crippen molar-refractivity contribution < 1.29 is 18.7 Å². The Morgan fingerprint density at radius 3 is 2.64 bits per heavy atom. The Morgan fingerprint density at radius 1 is 1.36 bits per heavy atom. The molecule has 0 radical (unpaired) electrons. The van der Waals surface area contributed by atoms with Crippen LogP contribution in [0, 0.1) is 5.82 Å². The molecule has 0 saturated heterocycles. The Kier molecular flexibility index (Phi) is 4.74. The summed E-state index contributed by atoms with van der Waals surface area (Å²) in [6.45, 7) is 9.25. The summed E-state index contributed by atoms with van der Waals surface area (Å²) in [7, 11) is 0. The summed E-state index contributed by atoms with van der Waals surface area (Å²) in [5.74, 6) is 0.273. The normalized spacial score (nSPS) is 20.7. The molecular formula is C17H22FNO3. The highest BCUT2D eigenvalue weighted by atomic mass is 19.1. The third-order valence-corrected chi connectivity index (χ3v) is 3.29. The topological polar surface area (TPSA) is 47.6 Å². The van der Waals surface area contributed by atoms with E-state index in [2.05, 4.69) is 11.9 Å². The molecule has 0 atom stereocenters. The van der Waals surface area contributed by atoms with Gasteiger partial charge in [0.2, 0.25) is 0 Å². The Labute approximate surface area is 130 Å². The number of ether oxygens (including phenoxy) is 2. The average molecular weight is 307 g/mol. The van der Waals surface area contributed by atoms with Crippen LogP contribution in [-0.2, 0) is 4.74 Å². The predicted octanol–water partition coefficient (Wildman–Crippen LogP) is 3.90. The van der Waals surface area contributed by atoms with Crippen LogP contribution in [0.1, 0.15) is 39.2 Å². The van der Waals surface area contributed by atoms with E-state index in [9.17, 15) is 9.18 Å². The van der Waals surface area contributed by atoms with Gasteiger partial charge in [-0.3, -0.25) is 0 Å². The first kappa shape index (κ1) is 16.3. The second-order valence-corrected chi connectivity index (χ2v) is 6.50. The number of carbonyl (C=O) groups is 1. The standard InChI is InChI=1S/C17H22FNO3/c1-5-11-8-12(6-7-15(11)18)21-13-9-14(10-13)22-16(20)19-17(2,3)4/h5-8,13-14H,1,9-10H2,2-4H3,(H,19,20). The van der Waals surface area contributed by atoms with Crippen molar-refractivity contribution in [2.75, 3.05) is 0 Å². The summed E-state index contributed by atoms with van der Waals surface area (Å²) in [6.07, 6.45) is 2.16. The third kappa shape index (κ3) is 4.48. The zero-order valence-electron chi connectivity index (χ0n) is 13.2. The minimum absolute atomic E-state index is 0.0180. The van der Waals surface area contributed by atoms with Crippen LogP contribution in [0.15, 0.2) is 24.8 Å². The molecule has 0 spiro atoms. The van der Waals surface area contributed by atoms with Crippen LogP contribution in [0.4, 0.5) is 9.18 Å². The fourth-order valence-corrected chi connectivity index (χ4v) is 2.14. The van der Waals surface area contributed by atoms with Crippen molar-refractivity contribution in [3.8, 4) is 5.75 Å². The van der Waals surface area contributed by atoms with Gasteiger partial charge in [-0.25, -0.2) is 9.18 Å². The van der Waals surface area contributed by atoms with Crippen molar-refractivity contribution in [1.82, 2.24) is 5.32 Å². The molecule has 1 aromatic carbocycles. The molecule has 1 aliphatic rings. The van der Waals surface area contributed by atoms with Crippen LogP contribution in [0.5, 0.6) is 5.75 Å². The van der Waals surface area contributed by atoms with Gasteiger partial charge in [-0.1, -0.05) is 12.7 Å². The number of carbonyl (C=O) groups excluding carboxylic acids is 1. The van der Waals surface area contributed by atoms with Crippen LogP contribution < -0.4 is 10.1 Å². The van der Waals surface area contributed by atoms with Crippen molar-refractivity contribution in [2.24, 2.45) is 0 Å². The maximum atomic E-state index is 13.4. The van der Waals surface area contributed by atoms with E-state index in [0.717, 1.165) is 0 Å². The summed E-state index contributed by atoms with van der Waals surface area (Å²) in [5.41, 5.74) is 0.0977. The van der Waals surface area contributed by atoms with Crippen LogP contribution in [-0.4, -0.2) is 23.8 Å². The fourth-order valence-electron chi connectivity index (χ4n) is 2.14. The van der Waals surface area contributed by atoms with E-state index in [0.29, 0.717) is 24.2 Å². The number of alkyl carbamates (subject to hydrolysis) is 1. The summed E-state index contributed by atoms with van der Waals surface area (Å²) in [4.78, 5) is 11.6. The average Bonchev–Trinajstić information content (AvgIpc) is 2.36. The molecule has 1 aromatic rings. The van der Waals surface area contributed by atoms with Crippen LogP contribution in [0.3, 0.4) is 0 Å². The van der Waals surface area contributed by atoms with Crippen LogP contribution >= 0.6 is 0 Å². The third-order valence-electron chi connectivity index (χ3n) is 3.29. The van der Waals surface area contributed by atoms with E-state index < -0.39 is 6.09 Å². The highest BCUT2D eigenvalue weighted by molar-refractivity contribution is 5.68. The van der Waals surface area contributed by atoms with E-state index in [1.807, 2.05) is 20.8 Å². The first-order valence-corrected chi connectivity index (χ1v) is 7.34. The minimum atomic E-state index is -0.410. The molecule has 0 aliphatic heterocycles. The smallest absolute Gasteiger partial charge is 0.407 e. The second-order valence-electron chi connectivity index (χ2n) is 6.50.